The third-order valence-corrected chi connectivity index (χ3v) is 4.98. The van der Waals surface area contributed by atoms with Crippen LogP contribution >= 0.6 is 23.4 Å². The molecule has 0 bridgehead atoms. The molecule has 2 unspecified atom stereocenters. The molecule has 0 radical (unpaired) electrons. The molecule has 128 valence electrons. The van der Waals surface area contributed by atoms with Crippen molar-refractivity contribution in [2.45, 2.75) is 11.4 Å². The van der Waals surface area contributed by atoms with Crippen LogP contribution in [0.1, 0.15) is 0 Å². The summed E-state index contributed by atoms with van der Waals surface area (Å²) >= 11 is 6.54. The SMILES string of the molecule is C=CC1=C(C(=O)O)N2C(=O)C(NC(=O)C(=NO)C(=O)CCl)C2SC1. The molecule has 0 spiro atoms. The smallest absolute Gasteiger partial charge is 0.352 e. The fraction of sp³-hybridized carbons (Fsp3) is 0.308. The highest BCUT2D eigenvalue weighted by atomic mass is 35.5. The number of fused-ring (bicyclic) bond motifs is 1. The molecule has 2 rings (SSSR count). The highest BCUT2D eigenvalue weighted by molar-refractivity contribution is 8.00. The van der Waals surface area contributed by atoms with Crippen LogP contribution in [0.25, 0.3) is 0 Å². The van der Waals surface area contributed by atoms with Crippen LogP contribution in [-0.2, 0) is 19.2 Å². The average molecular weight is 374 g/mol. The van der Waals surface area contributed by atoms with E-state index in [4.69, 9.17) is 16.8 Å². The van der Waals surface area contributed by atoms with E-state index >= 15 is 0 Å². The van der Waals surface area contributed by atoms with Crippen molar-refractivity contribution in [2.75, 3.05) is 11.6 Å². The van der Waals surface area contributed by atoms with Crippen molar-refractivity contribution in [2.24, 2.45) is 5.16 Å². The Morgan fingerprint density at radius 1 is 1.50 bits per heavy atom. The first-order valence-corrected chi connectivity index (χ1v) is 8.11. The third kappa shape index (κ3) is 2.89. The number of hydrogen-bond donors (Lipinski definition) is 3. The summed E-state index contributed by atoms with van der Waals surface area (Å²) in [5, 5.41) is 22.2. The van der Waals surface area contributed by atoms with Gasteiger partial charge in [-0.1, -0.05) is 17.8 Å². The van der Waals surface area contributed by atoms with E-state index in [0.717, 1.165) is 4.90 Å². The van der Waals surface area contributed by atoms with Crippen LogP contribution in [0.2, 0.25) is 0 Å². The van der Waals surface area contributed by atoms with Crippen molar-refractivity contribution in [3.05, 3.63) is 23.9 Å². The van der Waals surface area contributed by atoms with Gasteiger partial charge in [-0.15, -0.1) is 23.4 Å². The lowest BCUT2D eigenvalue weighted by atomic mass is 10.0. The summed E-state index contributed by atoms with van der Waals surface area (Å²) in [4.78, 5) is 47.9. The number of aliphatic carboxylic acids is 1. The molecule has 24 heavy (non-hydrogen) atoms. The summed E-state index contributed by atoms with van der Waals surface area (Å²) < 4.78 is 0. The van der Waals surface area contributed by atoms with E-state index in [0.29, 0.717) is 11.3 Å². The Balaban J connectivity index is 2.18. The largest absolute Gasteiger partial charge is 0.477 e. The van der Waals surface area contributed by atoms with Gasteiger partial charge in [-0.25, -0.2) is 4.79 Å². The molecular formula is C13H12ClN3O6S. The number of ketones is 1. The number of carboxylic acid groups (broad SMARTS) is 1. The van der Waals surface area contributed by atoms with Gasteiger partial charge in [0, 0.05) is 5.75 Å². The summed E-state index contributed by atoms with van der Waals surface area (Å²) in [6.45, 7) is 3.52. The van der Waals surface area contributed by atoms with Crippen molar-refractivity contribution in [3.63, 3.8) is 0 Å². The lowest BCUT2D eigenvalue weighted by molar-refractivity contribution is -0.150. The Hall–Kier alpha value is -2.33. The van der Waals surface area contributed by atoms with Gasteiger partial charge < -0.3 is 15.6 Å². The minimum absolute atomic E-state index is 0.183. The van der Waals surface area contributed by atoms with E-state index in [9.17, 15) is 24.3 Å². The molecule has 2 amide bonds. The van der Waals surface area contributed by atoms with E-state index in [1.807, 2.05) is 0 Å². The maximum absolute atomic E-state index is 12.2. The number of amides is 2. The molecule has 9 nitrogen and oxygen atoms in total. The van der Waals surface area contributed by atoms with E-state index in [1.165, 1.54) is 17.8 Å². The van der Waals surface area contributed by atoms with Crippen molar-refractivity contribution in [1.82, 2.24) is 10.2 Å². The number of oxime groups is 1. The molecule has 2 aliphatic heterocycles. The van der Waals surface area contributed by atoms with Crippen LogP contribution in [-0.4, -0.2) is 67.5 Å². The number of carbonyl (C=O) groups is 4. The van der Waals surface area contributed by atoms with Crippen LogP contribution in [0.15, 0.2) is 29.1 Å². The molecule has 0 aromatic rings. The molecular weight excluding hydrogens is 362 g/mol. The lowest BCUT2D eigenvalue weighted by Gasteiger charge is -2.49. The van der Waals surface area contributed by atoms with Gasteiger partial charge >= 0.3 is 5.97 Å². The standard InChI is InChI=1S/C13H12ClN3O6S/c1-2-5-4-24-12-8(11(20)17(12)9(5)13(21)22)15-10(19)7(16-23)6(18)3-14/h2,8,12,23H,1,3-4H2,(H,15,19)(H,21,22). The van der Waals surface area contributed by atoms with Gasteiger partial charge in [0.2, 0.25) is 11.5 Å². The van der Waals surface area contributed by atoms with Gasteiger partial charge in [-0.05, 0) is 5.57 Å². The minimum atomic E-state index is -1.27. The molecule has 0 aliphatic carbocycles. The number of allylic oxidation sites excluding steroid dienone is 1. The summed E-state index contributed by atoms with van der Waals surface area (Å²) in [6.07, 6.45) is 1.36. The number of thioether (sulfide) groups is 1. The van der Waals surface area contributed by atoms with Crippen molar-refractivity contribution in [3.8, 4) is 0 Å². The Bertz CT molecular complexity index is 704. The average Bonchev–Trinajstić information content (AvgIpc) is 2.58. The number of Topliss-reactive ketones (excluding diaryl/α,β-unsaturated/α-hetero) is 1. The molecule has 1 fully saturated rings. The topological polar surface area (TPSA) is 136 Å². The van der Waals surface area contributed by atoms with Gasteiger partial charge in [0.15, 0.2) is 0 Å². The summed E-state index contributed by atoms with van der Waals surface area (Å²) in [5.41, 5.74) is -0.605. The highest BCUT2D eigenvalue weighted by Crippen LogP contribution is 2.40. The quantitative estimate of drug-likeness (QED) is 0.143. The number of nitrogens with zero attached hydrogens (tertiary/aromatic N) is 2. The third-order valence-electron chi connectivity index (χ3n) is 3.43. The molecule has 1 saturated heterocycles. The maximum Gasteiger partial charge on any atom is 0.352 e. The van der Waals surface area contributed by atoms with Gasteiger partial charge in [0.25, 0.3) is 11.8 Å². The first-order valence-electron chi connectivity index (χ1n) is 6.53. The Kier molecular flexibility index (Phi) is 5.30. The van der Waals surface area contributed by atoms with Gasteiger partial charge in [0.05, 0.1) is 5.88 Å². The Morgan fingerprint density at radius 2 is 2.17 bits per heavy atom. The number of carbonyl (C=O) groups excluding carboxylic acids is 3. The normalized spacial score (nSPS) is 23.3. The number of rotatable bonds is 6. The molecule has 3 N–H and O–H groups in total. The van der Waals surface area contributed by atoms with Crippen LogP contribution in [0, 0.1) is 0 Å². The molecule has 0 aromatic heterocycles. The predicted molar refractivity (Wildman–Crippen MR) is 84.8 cm³/mol. The number of halogens is 1. The second-order valence-corrected chi connectivity index (χ2v) is 6.12. The zero-order chi connectivity index (χ0) is 18.0. The minimum Gasteiger partial charge on any atom is -0.477 e. The lowest BCUT2D eigenvalue weighted by Crippen LogP contribution is -2.71. The molecule has 11 heteroatoms. The van der Waals surface area contributed by atoms with Crippen LogP contribution in [0.3, 0.4) is 0 Å². The van der Waals surface area contributed by atoms with Crippen LogP contribution in [0.4, 0.5) is 0 Å². The molecule has 2 atom stereocenters. The molecule has 2 aliphatic rings. The number of hydrogen-bond acceptors (Lipinski definition) is 7. The fourth-order valence-electron chi connectivity index (χ4n) is 2.30. The van der Waals surface area contributed by atoms with E-state index in [1.54, 1.807) is 0 Å². The van der Waals surface area contributed by atoms with Crippen molar-refractivity contribution < 1.29 is 29.5 Å². The maximum atomic E-state index is 12.2. The summed E-state index contributed by atoms with van der Waals surface area (Å²) in [6, 6.07) is -1.04. The summed E-state index contributed by atoms with van der Waals surface area (Å²) in [5.74, 6) is -4.15. The molecule has 0 saturated carbocycles. The first-order chi connectivity index (χ1) is 11.4. The molecule has 2 heterocycles. The summed E-state index contributed by atoms with van der Waals surface area (Å²) in [7, 11) is 0. The fourth-order valence-corrected chi connectivity index (χ4v) is 3.77. The van der Waals surface area contributed by atoms with Crippen molar-refractivity contribution in [1.29, 1.82) is 0 Å². The Labute approximate surface area is 145 Å². The van der Waals surface area contributed by atoms with Gasteiger partial charge in [-0.2, -0.15) is 0 Å². The molecule has 0 aromatic carbocycles. The van der Waals surface area contributed by atoms with Gasteiger partial charge in [0.1, 0.15) is 17.1 Å². The van der Waals surface area contributed by atoms with E-state index in [-0.39, 0.29) is 5.70 Å². The van der Waals surface area contributed by atoms with Crippen LogP contribution in [0.5, 0.6) is 0 Å². The van der Waals surface area contributed by atoms with E-state index < -0.39 is 46.6 Å². The Morgan fingerprint density at radius 3 is 2.67 bits per heavy atom. The number of β-lactam (4-membered cyclic amide) rings is 1. The second-order valence-electron chi connectivity index (χ2n) is 4.75. The predicted octanol–water partition coefficient (Wildman–Crippen LogP) is -0.451. The zero-order valence-electron chi connectivity index (χ0n) is 12.1. The number of nitrogens with one attached hydrogen (secondary N) is 1. The van der Waals surface area contributed by atoms with Gasteiger partial charge in [-0.3, -0.25) is 19.3 Å². The monoisotopic (exact) mass is 373 g/mol. The number of carboxylic acids is 1. The zero-order valence-corrected chi connectivity index (χ0v) is 13.6. The van der Waals surface area contributed by atoms with E-state index in [2.05, 4.69) is 17.1 Å². The van der Waals surface area contributed by atoms with Crippen molar-refractivity contribution >= 4 is 52.6 Å². The first kappa shape index (κ1) is 18.0. The number of alkyl halides is 1. The second kappa shape index (κ2) is 7.05. The highest BCUT2D eigenvalue weighted by Gasteiger charge is 2.54. The van der Waals surface area contributed by atoms with Crippen LogP contribution < -0.4 is 5.32 Å².